The van der Waals surface area contributed by atoms with Crippen LogP contribution in [0.5, 0.6) is 0 Å². The van der Waals surface area contributed by atoms with Gasteiger partial charge in [-0.3, -0.25) is 9.59 Å². The van der Waals surface area contributed by atoms with E-state index in [4.69, 9.17) is 13.9 Å². The molecule has 0 aliphatic rings. The third kappa shape index (κ3) is 3.74. The van der Waals surface area contributed by atoms with Crippen LogP contribution >= 0.6 is 0 Å². The Kier molecular flexibility index (Phi) is 5.35. The van der Waals surface area contributed by atoms with Gasteiger partial charge in [-0.15, -0.1) is 0 Å². The molecule has 1 atom stereocenters. The molecule has 3 aromatic rings. The molecule has 1 unspecified atom stereocenters. The zero-order valence-electron chi connectivity index (χ0n) is 15.7. The van der Waals surface area contributed by atoms with E-state index >= 15 is 0 Å². The summed E-state index contributed by atoms with van der Waals surface area (Å²) in [4.78, 5) is 26.1. The molecule has 2 aromatic heterocycles. The Hall–Kier alpha value is -3.02. The molecule has 0 bridgehead atoms. The number of para-hydroxylation sites is 1. The highest BCUT2D eigenvalue weighted by atomic mass is 16.4. The van der Waals surface area contributed by atoms with Gasteiger partial charge in [0.25, 0.3) is 5.91 Å². The Balaban J connectivity index is 1.96. The number of rotatable bonds is 7. The molecule has 0 spiro atoms. The van der Waals surface area contributed by atoms with Gasteiger partial charge >= 0.3 is 5.97 Å². The van der Waals surface area contributed by atoms with Gasteiger partial charge in [0, 0.05) is 17.5 Å². The van der Waals surface area contributed by atoms with E-state index in [-0.39, 0.29) is 24.1 Å². The van der Waals surface area contributed by atoms with E-state index in [1.165, 1.54) is 6.26 Å². The lowest BCUT2D eigenvalue weighted by molar-refractivity contribution is -0.136. The molecule has 0 fully saturated rings. The summed E-state index contributed by atoms with van der Waals surface area (Å²) in [5, 5.41) is 10.1. The highest BCUT2D eigenvalue weighted by Crippen LogP contribution is 2.30. The zero-order chi connectivity index (χ0) is 19.6. The van der Waals surface area contributed by atoms with E-state index < -0.39 is 5.97 Å². The van der Waals surface area contributed by atoms with Crippen molar-refractivity contribution in [3.8, 4) is 0 Å². The van der Waals surface area contributed by atoms with Crippen LogP contribution in [0.15, 0.2) is 45.4 Å². The molecule has 1 N–H and O–H groups in total. The van der Waals surface area contributed by atoms with Crippen molar-refractivity contribution in [1.82, 2.24) is 4.90 Å². The van der Waals surface area contributed by atoms with Crippen molar-refractivity contribution in [2.45, 2.75) is 39.7 Å². The number of hydrogen-bond donors (Lipinski definition) is 1. The lowest BCUT2D eigenvalue weighted by Crippen LogP contribution is -2.35. The number of nitrogens with zero attached hydrogens (tertiary/aromatic N) is 1. The van der Waals surface area contributed by atoms with Crippen molar-refractivity contribution in [3.63, 3.8) is 0 Å². The molecule has 0 radical (unpaired) electrons. The fourth-order valence-electron chi connectivity index (χ4n) is 3.27. The van der Waals surface area contributed by atoms with Crippen LogP contribution in [0.1, 0.15) is 53.8 Å². The van der Waals surface area contributed by atoms with Gasteiger partial charge in [0.15, 0.2) is 0 Å². The van der Waals surface area contributed by atoms with E-state index in [9.17, 15) is 9.59 Å². The van der Waals surface area contributed by atoms with Crippen LogP contribution in [0.4, 0.5) is 0 Å². The SMILES string of the molecule is CCCN(C(=O)c1c(C)coc1CC(=O)O)C(C)c1cc2ccccc2o1. The monoisotopic (exact) mass is 369 g/mol. The van der Waals surface area contributed by atoms with Gasteiger partial charge < -0.3 is 18.8 Å². The quantitative estimate of drug-likeness (QED) is 0.659. The van der Waals surface area contributed by atoms with Crippen molar-refractivity contribution in [2.24, 2.45) is 0 Å². The molecule has 27 heavy (non-hydrogen) atoms. The minimum absolute atomic E-state index is 0.183. The number of carbonyl (C=O) groups is 2. The van der Waals surface area contributed by atoms with Gasteiger partial charge in [0.1, 0.15) is 23.5 Å². The maximum Gasteiger partial charge on any atom is 0.311 e. The number of carboxylic acid groups (broad SMARTS) is 1. The Morgan fingerprint density at radius 2 is 2.00 bits per heavy atom. The summed E-state index contributed by atoms with van der Waals surface area (Å²) >= 11 is 0. The van der Waals surface area contributed by atoms with Gasteiger partial charge in [-0.2, -0.15) is 0 Å². The van der Waals surface area contributed by atoms with Gasteiger partial charge in [-0.1, -0.05) is 25.1 Å². The summed E-state index contributed by atoms with van der Waals surface area (Å²) < 4.78 is 11.3. The molecule has 6 nitrogen and oxygen atoms in total. The van der Waals surface area contributed by atoms with Gasteiger partial charge in [0.05, 0.1) is 17.9 Å². The molecule has 6 heteroatoms. The third-order valence-electron chi connectivity index (χ3n) is 4.63. The van der Waals surface area contributed by atoms with Crippen LogP contribution in [0.2, 0.25) is 0 Å². The van der Waals surface area contributed by atoms with Crippen LogP contribution < -0.4 is 0 Å². The number of furan rings is 2. The Morgan fingerprint density at radius 3 is 2.67 bits per heavy atom. The fraction of sp³-hybridized carbons (Fsp3) is 0.333. The summed E-state index contributed by atoms with van der Waals surface area (Å²) in [7, 11) is 0. The second kappa shape index (κ2) is 7.70. The van der Waals surface area contributed by atoms with Gasteiger partial charge in [-0.25, -0.2) is 0 Å². The van der Waals surface area contributed by atoms with E-state index in [1.54, 1.807) is 11.8 Å². The lowest BCUT2D eigenvalue weighted by Gasteiger charge is -2.28. The van der Waals surface area contributed by atoms with E-state index in [2.05, 4.69) is 0 Å². The summed E-state index contributed by atoms with van der Waals surface area (Å²) in [6, 6.07) is 9.35. The molecular weight excluding hydrogens is 346 g/mol. The number of carbonyl (C=O) groups excluding carboxylic acids is 1. The van der Waals surface area contributed by atoms with Gasteiger partial charge in [0.2, 0.25) is 0 Å². The van der Waals surface area contributed by atoms with Gasteiger partial charge in [-0.05, 0) is 32.4 Å². The topological polar surface area (TPSA) is 83.9 Å². The average Bonchev–Trinajstić information content (AvgIpc) is 3.21. The van der Waals surface area contributed by atoms with Crippen molar-refractivity contribution < 1.29 is 23.5 Å². The molecule has 0 saturated heterocycles. The largest absolute Gasteiger partial charge is 0.481 e. The summed E-state index contributed by atoms with van der Waals surface area (Å²) in [5.41, 5.74) is 1.73. The average molecular weight is 369 g/mol. The smallest absolute Gasteiger partial charge is 0.311 e. The Labute approximate surface area is 157 Å². The Bertz CT molecular complexity index is 935. The lowest BCUT2D eigenvalue weighted by atomic mass is 10.1. The molecule has 1 aromatic carbocycles. The summed E-state index contributed by atoms with van der Waals surface area (Å²) in [6.45, 7) is 6.18. The van der Waals surface area contributed by atoms with Crippen LogP contribution in [-0.4, -0.2) is 28.4 Å². The molecule has 0 aliphatic carbocycles. The maximum atomic E-state index is 13.3. The number of fused-ring (bicyclic) bond motifs is 1. The third-order valence-corrected chi connectivity index (χ3v) is 4.63. The molecule has 0 aliphatic heterocycles. The number of hydrogen-bond acceptors (Lipinski definition) is 4. The molecule has 0 saturated carbocycles. The number of aliphatic carboxylic acids is 1. The van der Waals surface area contributed by atoms with Crippen molar-refractivity contribution in [2.75, 3.05) is 6.54 Å². The Morgan fingerprint density at radius 1 is 1.26 bits per heavy atom. The molecule has 142 valence electrons. The standard InChI is InChI=1S/C21H23NO5/c1-4-9-22(14(3)17-10-15-7-5-6-8-16(15)27-17)21(25)20-13(2)12-26-18(20)11-19(23)24/h5-8,10,12,14H,4,9,11H2,1-3H3,(H,23,24). The highest BCUT2D eigenvalue weighted by molar-refractivity contribution is 5.97. The summed E-state index contributed by atoms with van der Waals surface area (Å²) in [6.07, 6.45) is 1.87. The first-order valence-corrected chi connectivity index (χ1v) is 9.00. The van der Waals surface area contributed by atoms with Crippen molar-refractivity contribution in [3.05, 3.63) is 59.2 Å². The highest BCUT2D eigenvalue weighted by Gasteiger charge is 2.29. The maximum absolute atomic E-state index is 13.3. The van der Waals surface area contributed by atoms with Crippen molar-refractivity contribution in [1.29, 1.82) is 0 Å². The van der Waals surface area contributed by atoms with Crippen LogP contribution in [0.25, 0.3) is 11.0 Å². The first-order valence-electron chi connectivity index (χ1n) is 9.00. The first-order chi connectivity index (χ1) is 12.9. The number of amides is 1. The normalized spacial score (nSPS) is 12.3. The number of aryl methyl sites for hydroxylation is 1. The predicted octanol–water partition coefficient (Wildman–Crippen LogP) is 4.57. The second-order valence-electron chi connectivity index (χ2n) is 6.65. The molecule has 1 amide bonds. The van der Waals surface area contributed by atoms with Crippen LogP contribution in [0.3, 0.4) is 0 Å². The van der Waals surface area contributed by atoms with E-state index in [0.29, 0.717) is 23.4 Å². The van der Waals surface area contributed by atoms with Crippen LogP contribution in [0, 0.1) is 6.92 Å². The number of benzene rings is 1. The minimum Gasteiger partial charge on any atom is -0.481 e. The second-order valence-corrected chi connectivity index (χ2v) is 6.65. The zero-order valence-corrected chi connectivity index (χ0v) is 15.7. The molecular formula is C21H23NO5. The summed E-state index contributed by atoms with van der Waals surface area (Å²) in [5.74, 6) is -0.403. The molecule has 2 heterocycles. The van der Waals surface area contributed by atoms with Crippen molar-refractivity contribution >= 4 is 22.8 Å². The first kappa shape index (κ1) is 18.8. The minimum atomic E-state index is -1.04. The predicted molar refractivity (Wildman–Crippen MR) is 101 cm³/mol. The fourth-order valence-corrected chi connectivity index (χ4v) is 3.27. The van der Waals surface area contributed by atoms with E-state index in [1.807, 2.05) is 44.2 Å². The van der Waals surface area contributed by atoms with Crippen LogP contribution in [-0.2, 0) is 11.2 Å². The number of carboxylic acids is 1. The van der Waals surface area contributed by atoms with E-state index in [0.717, 1.165) is 17.4 Å². The molecule has 3 rings (SSSR count).